The van der Waals surface area contributed by atoms with Gasteiger partial charge in [0.05, 0.1) is 19.1 Å². The summed E-state index contributed by atoms with van der Waals surface area (Å²) in [5.74, 6) is -1.46. The molecule has 0 radical (unpaired) electrons. The van der Waals surface area contributed by atoms with Crippen molar-refractivity contribution < 1.29 is 23.5 Å². The van der Waals surface area contributed by atoms with Crippen LogP contribution in [0.1, 0.15) is 49.7 Å². The lowest BCUT2D eigenvalue weighted by atomic mass is 10.0. The molecule has 0 N–H and O–H groups in total. The predicted octanol–water partition coefficient (Wildman–Crippen LogP) is 4.14. The summed E-state index contributed by atoms with van der Waals surface area (Å²) in [6.45, 7) is 7.43. The van der Waals surface area contributed by atoms with E-state index in [-0.39, 0.29) is 19.4 Å². The van der Waals surface area contributed by atoms with E-state index in [0.717, 1.165) is 16.7 Å². The number of carbonyl (C=O) groups is 2. The summed E-state index contributed by atoms with van der Waals surface area (Å²) in [4.78, 5) is 24.3. The summed E-state index contributed by atoms with van der Waals surface area (Å²) in [5.41, 5.74) is 2.38. The minimum atomic E-state index is -0.993. The fraction of sp³-hybridized carbons (Fsp3) is 0.450. The van der Waals surface area contributed by atoms with Crippen LogP contribution < -0.4 is 0 Å². The molecule has 0 bridgehead atoms. The minimum Gasteiger partial charge on any atom is -0.465 e. The zero-order chi connectivity index (χ0) is 19.3. The quantitative estimate of drug-likeness (QED) is 0.546. The molecule has 26 heavy (non-hydrogen) atoms. The van der Waals surface area contributed by atoms with Crippen molar-refractivity contribution >= 4 is 22.9 Å². The van der Waals surface area contributed by atoms with Crippen molar-refractivity contribution in [2.45, 2.75) is 46.6 Å². The van der Waals surface area contributed by atoms with E-state index >= 15 is 0 Å². The molecule has 1 aromatic heterocycles. The second kappa shape index (κ2) is 8.52. The van der Waals surface area contributed by atoms with E-state index in [1.807, 2.05) is 32.0 Å². The van der Waals surface area contributed by atoms with E-state index in [1.54, 1.807) is 19.9 Å². The van der Waals surface area contributed by atoms with Crippen LogP contribution in [0.3, 0.4) is 0 Å². The molecule has 2 rings (SSSR count). The Morgan fingerprint density at radius 1 is 1.23 bits per heavy atom. The highest BCUT2D eigenvalue weighted by Crippen LogP contribution is 2.30. The van der Waals surface area contributed by atoms with E-state index in [9.17, 15) is 9.59 Å². The number of nitriles is 1. The van der Waals surface area contributed by atoms with Crippen LogP contribution in [0.15, 0.2) is 22.6 Å². The van der Waals surface area contributed by atoms with Gasteiger partial charge in [0.25, 0.3) is 0 Å². The molecular formula is C20H23NO5. The third kappa shape index (κ3) is 4.05. The van der Waals surface area contributed by atoms with Crippen molar-refractivity contribution in [3.8, 4) is 6.07 Å². The second-order valence-corrected chi connectivity index (χ2v) is 6.04. The van der Waals surface area contributed by atoms with E-state index in [2.05, 4.69) is 0 Å². The number of aryl methyl sites for hydroxylation is 2. The molecule has 1 heterocycles. The first-order chi connectivity index (χ1) is 12.4. The molecule has 6 heteroatoms. The summed E-state index contributed by atoms with van der Waals surface area (Å²) in [6, 6.07) is 7.49. The molecule has 0 amide bonds. The van der Waals surface area contributed by atoms with Crippen molar-refractivity contribution in [1.29, 1.82) is 5.26 Å². The number of hydrogen-bond donors (Lipinski definition) is 0. The summed E-state index contributed by atoms with van der Waals surface area (Å²) in [6.07, 6.45) is -0.520. The van der Waals surface area contributed by atoms with Crippen LogP contribution in [0, 0.1) is 31.1 Å². The van der Waals surface area contributed by atoms with Crippen molar-refractivity contribution in [1.82, 2.24) is 0 Å². The zero-order valence-corrected chi connectivity index (χ0v) is 15.5. The van der Waals surface area contributed by atoms with Gasteiger partial charge in [-0.2, -0.15) is 5.26 Å². The summed E-state index contributed by atoms with van der Waals surface area (Å²) in [7, 11) is 0. The van der Waals surface area contributed by atoms with Gasteiger partial charge in [-0.1, -0.05) is 19.1 Å². The Labute approximate surface area is 152 Å². The maximum atomic E-state index is 12.4. The minimum absolute atomic E-state index is 0.0187. The van der Waals surface area contributed by atoms with Crippen LogP contribution in [0.2, 0.25) is 0 Å². The monoisotopic (exact) mass is 357 g/mol. The van der Waals surface area contributed by atoms with Gasteiger partial charge in [-0.05, 0) is 44.4 Å². The van der Waals surface area contributed by atoms with Gasteiger partial charge in [0.1, 0.15) is 17.4 Å². The topological polar surface area (TPSA) is 89.5 Å². The lowest BCUT2D eigenvalue weighted by Crippen LogP contribution is -2.28. The van der Waals surface area contributed by atoms with E-state index in [1.165, 1.54) is 0 Å². The molecule has 0 spiro atoms. The summed E-state index contributed by atoms with van der Waals surface area (Å²) < 4.78 is 16.1. The van der Waals surface area contributed by atoms with Crippen molar-refractivity contribution in [2.24, 2.45) is 5.92 Å². The third-order valence-electron chi connectivity index (χ3n) is 4.37. The van der Waals surface area contributed by atoms with Crippen molar-refractivity contribution in [3.63, 3.8) is 0 Å². The average molecular weight is 357 g/mol. The number of hydrogen-bond acceptors (Lipinski definition) is 6. The maximum absolute atomic E-state index is 12.4. The van der Waals surface area contributed by atoms with Crippen LogP contribution in [0.5, 0.6) is 0 Å². The molecule has 0 saturated heterocycles. The number of benzene rings is 1. The number of nitrogens with zero attached hydrogens (tertiary/aromatic N) is 1. The highest BCUT2D eigenvalue weighted by atomic mass is 16.6. The van der Waals surface area contributed by atoms with E-state index < -0.39 is 24.0 Å². The van der Waals surface area contributed by atoms with E-state index in [0.29, 0.717) is 11.1 Å². The normalized spacial score (nSPS) is 13.0. The van der Waals surface area contributed by atoms with Gasteiger partial charge in [-0.15, -0.1) is 0 Å². The van der Waals surface area contributed by atoms with Crippen LogP contribution in [0.25, 0.3) is 11.0 Å². The number of ether oxygens (including phenoxy) is 2. The van der Waals surface area contributed by atoms with Crippen LogP contribution >= 0.6 is 0 Å². The van der Waals surface area contributed by atoms with Gasteiger partial charge in [-0.3, -0.25) is 9.59 Å². The maximum Gasteiger partial charge on any atom is 0.320 e. The van der Waals surface area contributed by atoms with Gasteiger partial charge in [0, 0.05) is 5.39 Å². The lowest BCUT2D eigenvalue weighted by molar-refractivity contribution is -0.165. The Morgan fingerprint density at radius 3 is 2.58 bits per heavy atom. The van der Waals surface area contributed by atoms with Crippen LogP contribution in [-0.4, -0.2) is 18.5 Å². The molecule has 2 atom stereocenters. The molecular weight excluding hydrogens is 334 g/mol. The standard InChI is InChI=1S/C20H23NO5/c1-5-15(19(22)24-6-2)20(23)26-17(9-10-21)14-7-8-16-12(3)13(4)25-18(16)11-14/h7-8,11,15,17H,5-6,9H2,1-4H3. The van der Waals surface area contributed by atoms with Gasteiger partial charge in [0.15, 0.2) is 5.92 Å². The first-order valence-electron chi connectivity index (χ1n) is 8.66. The first kappa shape index (κ1) is 19.5. The number of rotatable bonds is 7. The van der Waals surface area contributed by atoms with Crippen LogP contribution in [0.4, 0.5) is 0 Å². The van der Waals surface area contributed by atoms with Gasteiger partial charge < -0.3 is 13.9 Å². The van der Waals surface area contributed by atoms with Crippen molar-refractivity contribution in [3.05, 3.63) is 35.1 Å². The average Bonchev–Trinajstić information content (AvgIpc) is 2.89. The fourth-order valence-electron chi connectivity index (χ4n) is 2.77. The third-order valence-corrected chi connectivity index (χ3v) is 4.37. The summed E-state index contributed by atoms with van der Waals surface area (Å²) >= 11 is 0. The molecule has 2 unspecified atom stereocenters. The molecule has 6 nitrogen and oxygen atoms in total. The molecule has 0 aliphatic rings. The summed E-state index contributed by atoms with van der Waals surface area (Å²) in [5, 5.41) is 10.1. The Balaban J connectivity index is 2.27. The van der Waals surface area contributed by atoms with E-state index in [4.69, 9.17) is 19.2 Å². The second-order valence-electron chi connectivity index (χ2n) is 6.04. The molecule has 0 aliphatic carbocycles. The van der Waals surface area contributed by atoms with Crippen LogP contribution in [-0.2, 0) is 19.1 Å². The smallest absolute Gasteiger partial charge is 0.320 e. The fourth-order valence-corrected chi connectivity index (χ4v) is 2.77. The molecule has 0 fully saturated rings. The molecule has 1 aromatic carbocycles. The number of carbonyl (C=O) groups excluding carboxylic acids is 2. The highest BCUT2D eigenvalue weighted by Gasteiger charge is 2.30. The number of esters is 2. The Hall–Kier alpha value is -2.81. The molecule has 0 saturated carbocycles. The number of furan rings is 1. The Morgan fingerprint density at radius 2 is 1.96 bits per heavy atom. The zero-order valence-electron chi connectivity index (χ0n) is 15.5. The highest BCUT2D eigenvalue weighted by molar-refractivity contribution is 5.95. The Kier molecular flexibility index (Phi) is 6.40. The molecule has 138 valence electrons. The van der Waals surface area contributed by atoms with Gasteiger partial charge in [0.2, 0.25) is 0 Å². The van der Waals surface area contributed by atoms with Crippen molar-refractivity contribution in [2.75, 3.05) is 6.61 Å². The molecule has 2 aromatic rings. The SMILES string of the molecule is CCOC(=O)C(CC)C(=O)OC(CC#N)c1ccc2c(C)c(C)oc2c1. The first-order valence-corrected chi connectivity index (χ1v) is 8.66. The number of fused-ring (bicyclic) bond motifs is 1. The van der Waals surface area contributed by atoms with Gasteiger partial charge >= 0.3 is 11.9 Å². The largest absolute Gasteiger partial charge is 0.465 e. The van der Waals surface area contributed by atoms with Gasteiger partial charge in [-0.25, -0.2) is 0 Å². The molecule has 0 aliphatic heterocycles. The Bertz CT molecular complexity index is 846. The lowest BCUT2D eigenvalue weighted by Gasteiger charge is -2.19. The predicted molar refractivity (Wildman–Crippen MR) is 95.2 cm³/mol.